The number of thioether (sulfide) groups is 1. The van der Waals surface area contributed by atoms with Crippen LogP contribution in [0, 0.1) is 5.82 Å². The number of carbonyl (C=O) groups excluding carboxylic acids is 1. The molecule has 0 spiro atoms. The lowest BCUT2D eigenvalue weighted by molar-refractivity contribution is -0.127. The summed E-state index contributed by atoms with van der Waals surface area (Å²) in [6, 6.07) is 14.3. The highest BCUT2D eigenvalue weighted by Crippen LogP contribution is 2.23. The van der Waals surface area contributed by atoms with Crippen LogP contribution in [-0.2, 0) is 11.3 Å². The zero-order valence-electron chi connectivity index (χ0n) is 14.1. The Kier molecular flexibility index (Phi) is 5.96. The molecule has 2 aromatic carbocycles. The molecule has 1 heterocycles. The lowest BCUT2D eigenvalue weighted by Gasteiger charge is -2.18. The highest BCUT2D eigenvalue weighted by atomic mass is 35.5. The van der Waals surface area contributed by atoms with Crippen LogP contribution in [0.15, 0.2) is 66.1 Å². The lowest BCUT2D eigenvalue weighted by atomic mass is 10.2. The van der Waals surface area contributed by atoms with Crippen molar-refractivity contribution in [2.75, 3.05) is 12.8 Å². The minimum absolute atomic E-state index is 0.123. The Balaban J connectivity index is 1.64. The Hall–Kier alpha value is -2.31. The van der Waals surface area contributed by atoms with Crippen molar-refractivity contribution in [1.29, 1.82) is 0 Å². The molecule has 0 fully saturated rings. The van der Waals surface area contributed by atoms with Crippen molar-refractivity contribution in [2.45, 2.75) is 11.7 Å². The average Bonchev–Trinajstić information content (AvgIpc) is 3.12. The molecule has 0 radical (unpaired) electrons. The van der Waals surface area contributed by atoms with Crippen LogP contribution in [0.5, 0.6) is 0 Å². The van der Waals surface area contributed by atoms with Crippen LogP contribution < -0.4 is 0 Å². The van der Waals surface area contributed by atoms with Gasteiger partial charge in [0.15, 0.2) is 5.16 Å². The van der Waals surface area contributed by atoms with Crippen LogP contribution in [0.4, 0.5) is 4.39 Å². The second kappa shape index (κ2) is 8.38. The highest BCUT2D eigenvalue weighted by molar-refractivity contribution is 7.99. The molecular weight excluding hydrogens is 373 g/mol. The first-order valence-electron chi connectivity index (χ1n) is 7.94. The van der Waals surface area contributed by atoms with E-state index in [1.54, 1.807) is 25.4 Å². The maximum atomic E-state index is 13.9. The Labute approximate surface area is 160 Å². The van der Waals surface area contributed by atoms with Crippen molar-refractivity contribution < 1.29 is 9.18 Å². The maximum absolute atomic E-state index is 13.9. The van der Waals surface area contributed by atoms with Crippen molar-refractivity contribution in [3.8, 4) is 5.69 Å². The smallest absolute Gasteiger partial charge is 0.233 e. The summed E-state index contributed by atoms with van der Waals surface area (Å²) in [6.45, 7) is 0.123. The maximum Gasteiger partial charge on any atom is 0.233 e. The van der Waals surface area contributed by atoms with Crippen LogP contribution in [0.1, 0.15) is 5.56 Å². The number of benzene rings is 2. The number of amides is 1. The van der Waals surface area contributed by atoms with E-state index in [0.29, 0.717) is 10.6 Å². The molecule has 3 aromatic rings. The summed E-state index contributed by atoms with van der Waals surface area (Å²) in [5, 5.41) is 1.04. The standard InChI is InChI=1S/C19H17ClFN3OS/c1-23(12-15-16(20)8-5-9-17(15)21)18(25)13-26-19-22-10-11-24(19)14-6-3-2-4-7-14/h2-11H,12-13H2,1H3. The number of aromatic nitrogens is 2. The summed E-state index contributed by atoms with van der Waals surface area (Å²) in [6.07, 6.45) is 3.55. The van der Waals surface area contributed by atoms with Gasteiger partial charge in [0.1, 0.15) is 5.82 Å². The predicted octanol–water partition coefficient (Wildman–Crippen LogP) is 4.42. The fourth-order valence-electron chi connectivity index (χ4n) is 2.43. The van der Waals surface area contributed by atoms with Gasteiger partial charge in [0.05, 0.1) is 5.75 Å². The van der Waals surface area contributed by atoms with Crippen LogP contribution in [0.2, 0.25) is 5.02 Å². The van der Waals surface area contributed by atoms with E-state index >= 15 is 0 Å². The molecule has 0 atom stereocenters. The van der Waals surface area contributed by atoms with Crippen LogP contribution >= 0.6 is 23.4 Å². The number of hydrogen-bond donors (Lipinski definition) is 0. The van der Waals surface area contributed by atoms with Gasteiger partial charge >= 0.3 is 0 Å². The number of hydrogen-bond acceptors (Lipinski definition) is 3. The fourth-order valence-corrected chi connectivity index (χ4v) is 3.56. The zero-order valence-corrected chi connectivity index (χ0v) is 15.7. The Morgan fingerprint density at radius 1 is 1.23 bits per heavy atom. The van der Waals surface area contributed by atoms with Crippen molar-refractivity contribution in [3.63, 3.8) is 0 Å². The third-order valence-electron chi connectivity index (χ3n) is 3.85. The lowest BCUT2D eigenvalue weighted by Crippen LogP contribution is -2.28. The Morgan fingerprint density at radius 2 is 2.00 bits per heavy atom. The number of para-hydroxylation sites is 1. The van der Waals surface area contributed by atoms with Gasteiger partial charge in [-0.25, -0.2) is 9.37 Å². The normalized spacial score (nSPS) is 10.7. The predicted molar refractivity (Wildman–Crippen MR) is 102 cm³/mol. The molecule has 1 amide bonds. The molecule has 0 aliphatic carbocycles. The number of imidazole rings is 1. The zero-order chi connectivity index (χ0) is 18.5. The van der Waals surface area contributed by atoms with Gasteiger partial charge in [0, 0.05) is 42.3 Å². The Morgan fingerprint density at radius 3 is 2.73 bits per heavy atom. The molecule has 0 saturated carbocycles. The monoisotopic (exact) mass is 389 g/mol. The van der Waals surface area contributed by atoms with Crippen LogP contribution in [0.25, 0.3) is 5.69 Å². The molecule has 0 aliphatic rings. The molecule has 0 aliphatic heterocycles. The summed E-state index contributed by atoms with van der Waals surface area (Å²) in [7, 11) is 1.63. The third-order valence-corrected chi connectivity index (χ3v) is 5.15. The SMILES string of the molecule is CN(Cc1c(F)cccc1Cl)C(=O)CSc1nccn1-c1ccccc1. The second-order valence-corrected chi connectivity index (χ2v) is 7.00. The van der Waals surface area contributed by atoms with E-state index in [1.165, 1.54) is 22.7 Å². The van der Waals surface area contributed by atoms with Gasteiger partial charge in [-0.3, -0.25) is 9.36 Å². The van der Waals surface area contributed by atoms with Crippen molar-refractivity contribution in [3.05, 3.63) is 77.3 Å². The van der Waals surface area contributed by atoms with E-state index in [2.05, 4.69) is 4.98 Å². The summed E-state index contributed by atoms with van der Waals surface area (Å²) < 4.78 is 15.8. The quantitative estimate of drug-likeness (QED) is 0.586. The third kappa shape index (κ3) is 4.26. The number of rotatable bonds is 6. The van der Waals surface area contributed by atoms with E-state index in [1.807, 2.05) is 41.1 Å². The van der Waals surface area contributed by atoms with E-state index < -0.39 is 5.82 Å². The molecule has 134 valence electrons. The summed E-state index contributed by atoms with van der Waals surface area (Å²) in [4.78, 5) is 18.2. The van der Waals surface area contributed by atoms with Gasteiger partial charge < -0.3 is 4.90 Å². The fraction of sp³-hybridized carbons (Fsp3) is 0.158. The molecule has 0 N–H and O–H groups in total. The van der Waals surface area contributed by atoms with Crippen molar-refractivity contribution in [2.24, 2.45) is 0 Å². The molecule has 3 rings (SSSR count). The van der Waals surface area contributed by atoms with Crippen molar-refractivity contribution in [1.82, 2.24) is 14.5 Å². The molecular formula is C19H17ClFN3OS. The van der Waals surface area contributed by atoms with Crippen LogP contribution in [-0.4, -0.2) is 33.2 Å². The summed E-state index contributed by atoms with van der Waals surface area (Å²) in [5.41, 5.74) is 1.30. The first kappa shape index (κ1) is 18.5. The summed E-state index contributed by atoms with van der Waals surface area (Å²) in [5.74, 6) is -0.340. The van der Waals surface area contributed by atoms with Crippen LogP contribution in [0.3, 0.4) is 0 Å². The van der Waals surface area contributed by atoms with E-state index in [-0.39, 0.29) is 18.2 Å². The van der Waals surface area contributed by atoms with E-state index in [4.69, 9.17) is 11.6 Å². The largest absolute Gasteiger partial charge is 0.341 e. The van der Waals surface area contributed by atoms with Gasteiger partial charge in [-0.1, -0.05) is 47.6 Å². The number of halogens is 2. The second-order valence-electron chi connectivity index (χ2n) is 5.65. The molecule has 0 saturated heterocycles. The molecule has 4 nitrogen and oxygen atoms in total. The molecule has 0 bridgehead atoms. The van der Waals surface area contributed by atoms with Crippen molar-refractivity contribution >= 4 is 29.3 Å². The Bertz CT molecular complexity index is 881. The number of carbonyl (C=O) groups is 1. The molecule has 0 unspecified atom stereocenters. The molecule has 26 heavy (non-hydrogen) atoms. The van der Waals surface area contributed by atoms with Gasteiger partial charge in [-0.2, -0.15) is 0 Å². The minimum atomic E-state index is -0.413. The first-order chi connectivity index (χ1) is 12.6. The summed E-state index contributed by atoms with van der Waals surface area (Å²) >= 11 is 7.37. The van der Waals surface area contributed by atoms with Gasteiger partial charge in [0.25, 0.3) is 0 Å². The van der Waals surface area contributed by atoms with Gasteiger partial charge in [-0.15, -0.1) is 0 Å². The van der Waals surface area contributed by atoms with E-state index in [0.717, 1.165) is 10.8 Å². The topological polar surface area (TPSA) is 38.1 Å². The first-order valence-corrected chi connectivity index (χ1v) is 9.31. The highest BCUT2D eigenvalue weighted by Gasteiger charge is 2.16. The minimum Gasteiger partial charge on any atom is -0.341 e. The average molecular weight is 390 g/mol. The van der Waals surface area contributed by atoms with E-state index in [9.17, 15) is 9.18 Å². The van der Waals surface area contributed by atoms with Gasteiger partial charge in [-0.05, 0) is 24.3 Å². The molecule has 1 aromatic heterocycles. The molecule has 7 heteroatoms. The number of nitrogens with zero attached hydrogens (tertiary/aromatic N) is 3. The van der Waals surface area contributed by atoms with Gasteiger partial charge in [0.2, 0.25) is 5.91 Å².